The molecule has 2 bridgehead atoms. The number of nitrogens with zero attached hydrogens (tertiary/aromatic N) is 5. The average molecular weight is 433 g/mol. The monoisotopic (exact) mass is 433 g/mol. The Morgan fingerprint density at radius 1 is 1.34 bits per heavy atom. The Balaban J connectivity index is 1.41. The highest BCUT2D eigenvalue weighted by Gasteiger charge is 2.49. The van der Waals surface area contributed by atoms with Crippen molar-refractivity contribution < 1.29 is 36.5 Å². The van der Waals surface area contributed by atoms with E-state index in [9.17, 15) is 22.8 Å². The summed E-state index contributed by atoms with van der Waals surface area (Å²) in [6.07, 6.45) is 3.65. The second-order valence-electron chi connectivity index (χ2n) is 6.27. The van der Waals surface area contributed by atoms with E-state index in [-0.39, 0.29) is 32.5 Å². The van der Waals surface area contributed by atoms with Gasteiger partial charge in [-0.3, -0.25) is 23.7 Å². The zero-order chi connectivity index (χ0) is 21.0. The zero-order valence-electron chi connectivity index (χ0n) is 15.0. The van der Waals surface area contributed by atoms with Crippen LogP contribution >= 0.6 is 0 Å². The Kier molecular flexibility index (Phi) is 6.26. The largest absolute Gasteiger partial charge is 0.418 e. The zero-order valence-corrected chi connectivity index (χ0v) is 15.8. The molecule has 0 spiro atoms. The number of hydrogen-bond acceptors (Lipinski definition) is 9. The summed E-state index contributed by atoms with van der Waals surface area (Å²) >= 11 is 0. The quantitative estimate of drug-likeness (QED) is 0.213. The van der Waals surface area contributed by atoms with Crippen molar-refractivity contribution in [2.75, 3.05) is 19.7 Å². The van der Waals surface area contributed by atoms with Crippen molar-refractivity contribution in [3.8, 4) is 0 Å². The van der Waals surface area contributed by atoms with Gasteiger partial charge in [0, 0.05) is 12.7 Å². The summed E-state index contributed by atoms with van der Waals surface area (Å²) in [5, 5.41) is 10.3. The van der Waals surface area contributed by atoms with E-state index < -0.39 is 40.3 Å². The fourth-order valence-corrected chi connectivity index (χ4v) is 3.44. The van der Waals surface area contributed by atoms with Gasteiger partial charge in [-0.15, -0.1) is 9.38 Å². The van der Waals surface area contributed by atoms with Gasteiger partial charge in [0.2, 0.25) is 5.91 Å². The first-order valence-corrected chi connectivity index (χ1v) is 9.90. The molecule has 3 rings (SSSR count). The number of carbonyl (C=O) groups is 3. The number of nitrogens with one attached hydrogen (secondary N) is 2. The van der Waals surface area contributed by atoms with Gasteiger partial charge in [-0.2, -0.15) is 13.5 Å². The lowest BCUT2D eigenvalue weighted by Crippen LogP contribution is -2.51. The highest BCUT2D eigenvalue weighted by Crippen LogP contribution is 2.30. The third-order valence-electron chi connectivity index (χ3n) is 4.30. The molecular formula is C13H19N7O8S. The van der Waals surface area contributed by atoms with Gasteiger partial charge in [0.1, 0.15) is 6.04 Å². The number of rotatable bonds is 9. The molecule has 0 aliphatic carbocycles. The molecule has 2 aliphatic heterocycles. The van der Waals surface area contributed by atoms with Crippen molar-refractivity contribution in [1.82, 2.24) is 35.8 Å². The van der Waals surface area contributed by atoms with E-state index in [2.05, 4.69) is 25.4 Å². The maximum atomic E-state index is 12.3. The number of hydrogen-bond donors (Lipinski definition) is 3. The summed E-state index contributed by atoms with van der Waals surface area (Å²) < 4.78 is 36.3. The number of urea groups is 1. The Morgan fingerprint density at radius 3 is 2.83 bits per heavy atom. The first kappa shape index (κ1) is 20.9. The molecule has 2 aliphatic rings. The van der Waals surface area contributed by atoms with Crippen molar-refractivity contribution in [2.45, 2.75) is 31.5 Å². The smallest absolute Gasteiger partial charge is 0.345 e. The van der Waals surface area contributed by atoms with E-state index in [0.717, 1.165) is 4.90 Å². The van der Waals surface area contributed by atoms with E-state index in [1.807, 2.05) is 0 Å². The van der Waals surface area contributed by atoms with Crippen LogP contribution in [-0.2, 0) is 35.7 Å². The van der Waals surface area contributed by atoms with Crippen LogP contribution in [0, 0.1) is 0 Å². The molecule has 0 aromatic carbocycles. The normalized spacial score (nSPS) is 21.3. The van der Waals surface area contributed by atoms with E-state index in [1.165, 1.54) is 10.9 Å². The number of hydroxylamine groups is 3. The van der Waals surface area contributed by atoms with Crippen LogP contribution in [0.5, 0.6) is 0 Å². The van der Waals surface area contributed by atoms with E-state index in [1.54, 1.807) is 6.20 Å². The summed E-state index contributed by atoms with van der Waals surface area (Å²) in [6, 6.07) is -2.35. The van der Waals surface area contributed by atoms with Crippen LogP contribution in [0.3, 0.4) is 0 Å². The van der Waals surface area contributed by atoms with Gasteiger partial charge < -0.3 is 10.2 Å². The van der Waals surface area contributed by atoms with Crippen LogP contribution in [0.4, 0.5) is 4.79 Å². The Labute approximate surface area is 164 Å². The molecule has 4 amide bonds. The first-order valence-electron chi connectivity index (χ1n) is 8.54. The number of piperidine rings is 1. The minimum Gasteiger partial charge on any atom is -0.345 e. The second kappa shape index (κ2) is 8.68. The van der Waals surface area contributed by atoms with Gasteiger partial charge in [-0.25, -0.2) is 10.3 Å². The van der Waals surface area contributed by atoms with Gasteiger partial charge >= 0.3 is 16.4 Å². The molecule has 1 aromatic rings. The maximum absolute atomic E-state index is 12.3. The van der Waals surface area contributed by atoms with Crippen molar-refractivity contribution in [3.63, 3.8) is 0 Å². The SMILES string of the molecule is O=C(CNC(=O)[C@@H]1CCC2CN1C(=O)N2OS(=O)(=O)O)NOCCn1ccnn1. The lowest BCUT2D eigenvalue weighted by molar-refractivity contribution is -0.136. The highest BCUT2D eigenvalue weighted by atomic mass is 32.3. The molecule has 15 nitrogen and oxygen atoms in total. The molecule has 2 atom stereocenters. The first-order chi connectivity index (χ1) is 13.7. The standard InChI is InChI=1S/C13H19N7O8S/c21-11(16-27-6-5-18-4-3-15-17-18)7-14-12(22)10-2-1-9-8-19(10)13(23)20(9)28-29(24,25)26/h3-4,9-10H,1-2,5-8H2,(H,14,22)(H,16,21)(H,24,25,26)/t9?,10-/m0/s1. The topological polar surface area (TPSA) is 185 Å². The number of amides is 4. The number of carbonyl (C=O) groups excluding carboxylic acids is 3. The van der Waals surface area contributed by atoms with Gasteiger partial charge in [-0.1, -0.05) is 5.21 Å². The van der Waals surface area contributed by atoms with E-state index >= 15 is 0 Å². The number of aromatic nitrogens is 3. The molecule has 3 heterocycles. The van der Waals surface area contributed by atoms with Crippen molar-refractivity contribution in [3.05, 3.63) is 12.4 Å². The summed E-state index contributed by atoms with van der Waals surface area (Å²) in [5.74, 6) is -1.18. The van der Waals surface area contributed by atoms with Crippen molar-refractivity contribution >= 4 is 28.2 Å². The Bertz CT molecular complexity index is 861. The van der Waals surface area contributed by atoms with Crippen LogP contribution < -0.4 is 10.8 Å². The van der Waals surface area contributed by atoms with Crippen LogP contribution in [0.15, 0.2) is 12.4 Å². The Morgan fingerprint density at radius 2 is 2.14 bits per heavy atom. The maximum Gasteiger partial charge on any atom is 0.418 e. The average Bonchev–Trinajstić information content (AvgIpc) is 3.26. The predicted octanol–water partition coefficient (Wildman–Crippen LogP) is -2.55. The second-order valence-corrected chi connectivity index (χ2v) is 7.27. The molecule has 0 radical (unpaired) electrons. The van der Waals surface area contributed by atoms with Crippen LogP contribution in [-0.4, -0.2) is 87.6 Å². The van der Waals surface area contributed by atoms with E-state index in [4.69, 9.17) is 9.39 Å². The molecule has 1 aromatic heterocycles. The fraction of sp³-hybridized carbons (Fsp3) is 0.615. The molecule has 160 valence electrons. The van der Waals surface area contributed by atoms with Crippen LogP contribution in [0.25, 0.3) is 0 Å². The molecule has 1 unspecified atom stereocenters. The highest BCUT2D eigenvalue weighted by molar-refractivity contribution is 7.80. The minimum atomic E-state index is -4.86. The van der Waals surface area contributed by atoms with E-state index in [0.29, 0.717) is 11.6 Å². The van der Waals surface area contributed by atoms with Crippen molar-refractivity contribution in [1.29, 1.82) is 0 Å². The predicted molar refractivity (Wildman–Crippen MR) is 90.5 cm³/mol. The third-order valence-corrected chi connectivity index (χ3v) is 4.65. The molecule has 29 heavy (non-hydrogen) atoms. The van der Waals surface area contributed by atoms with Crippen LogP contribution in [0.2, 0.25) is 0 Å². The minimum absolute atomic E-state index is 0.0596. The lowest BCUT2D eigenvalue weighted by atomic mass is 10.0. The van der Waals surface area contributed by atoms with Gasteiger partial charge in [0.25, 0.3) is 5.91 Å². The molecule has 2 saturated heterocycles. The molecule has 0 saturated carbocycles. The van der Waals surface area contributed by atoms with Gasteiger partial charge in [0.15, 0.2) is 0 Å². The Hall–Kier alpha value is -2.82. The summed E-state index contributed by atoms with van der Waals surface area (Å²) in [6.45, 7) is 0.188. The van der Waals surface area contributed by atoms with Gasteiger partial charge in [-0.05, 0) is 12.8 Å². The van der Waals surface area contributed by atoms with Gasteiger partial charge in [0.05, 0.1) is 31.9 Å². The molecule has 3 N–H and O–H groups in total. The summed E-state index contributed by atoms with van der Waals surface area (Å²) in [4.78, 5) is 42.4. The molecule has 2 fully saturated rings. The molecular weight excluding hydrogens is 414 g/mol. The van der Waals surface area contributed by atoms with Crippen molar-refractivity contribution in [2.24, 2.45) is 0 Å². The number of fused-ring (bicyclic) bond motifs is 2. The lowest BCUT2D eigenvalue weighted by Gasteiger charge is -2.29. The fourth-order valence-electron chi connectivity index (χ4n) is 3.05. The summed E-state index contributed by atoms with van der Waals surface area (Å²) in [5.41, 5.74) is 2.16. The third kappa shape index (κ3) is 5.37. The van der Waals surface area contributed by atoms with Crippen LogP contribution in [0.1, 0.15) is 12.8 Å². The summed E-state index contributed by atoms with van der Waals surface area (Å²) in [7, 11) is -4.86. The molecule has 16 heteroatoms.